The lowest BCUT2D eigenvalue weighted by Gasteiger charge is -2.37. The van der Waals surface area contributed by atoms with Crippen molar-refractivity contribution in [2.45, 2.75) is 25.1 Å². The number of hydrogen-bond donors (Lipinski definition) is 2. The molecule has 2 aromatic carbocycles. The zero-order valence-corrected chi connectivity index (χ0v) is 18.5. The van der Waals surface area contributed by atoms with Gasteiger partial charge in [0.2, 0.25) is 5.91 Å². The molecule has 3 heterocycles. The highest BCUT2D eigenvalue weighted by atomic mass is 35.5. The topological polar surface area (TPSA) is 73.9 Å². The van der Waals surface area contributed by atoms with E-state index in [-0.39, 0.29) is 0 Å². The number of alkyl halides is 3. The van der Waals surface area contributed by atoms with Crippen LogP contribution in [0.15, 0.2) is 60.9 Å². The van der Waals surface area contributed by atoms with Crippen LogP contribution < -0.4 is 10.2 Å². The summed E-state index contributed by atoms with van der Waals surface area (Å²) in [7, 11) is 0. The second-order valence-electron chi connectivity index (χ2n) is 8.02. The highest BCUT2D eigenvalue weighted by Gasteiger charge is 2.36. The van der Waals surface area contributed by atoms with Crippen molar-refractivity contribution in [1.29, 1.82) is 0 Å². The molecule has 0 aliphatic carbocycles. The molecule has 0 spiro atoms. The molecule has 0 fully saturated rings. The van der Waals surface area contributed by atoms with Crippen LogP contribution in [0.5, 0.6) is 0 Å². The third-order valence-electron chi connectivity index (χ3n) is 5.79. The molecule has 2 N–H and O–H groups in total. The minimum atomic E-state index is -4.49. The summed E-state index contributed by atoms with van der Waals surface area (Å²) in [6.45, 7) is -1.39. The van der Waals surface area contributed by atoms with E-state index in [1.165, 1.54) is 0 Å². The van der Waals surface area contributed by atoms with Gasteiger partial charge in [-0.15, -0.1) is 0 Å². The van der Waals surface area contributed by atoms with E-state index >= 15 is 0 Å². The number of hydrogen-bond acceptors (Lipinski definition) is 4. The number of aromatic amines is 1. The van der Waals surface area contributed by atoms with Crippen LogP contribution in [0, 0.1) is 0 Å². The summed E-state index contributed by atoms with van der Waals surface area (Å²) in [4.78, 5) is 26.8. The van der Waals surface area contributed by atoms with Crippen molar-refractivity contribution >= 4 is 39.9 Å². The molecular formula is C24H19ClF3N5O. The average Bonchev–Trinajstić information content (AvgIpc) is 3.24. The van der Waals surface area contributed by atoms with Gasteiger partial charge in [0.15, 0.2) is 5.82 Å². The molecule has 34 heavy (non-hydrogen) atoms. The molecule has 1 atom stereocenters. The first-order chi connectivity index (χ1) is 16.3. The maximum absolute atomic E-state index is 12.8. The first-order valence-electron chi connectivity index (χ1n) is 10.6. The number of amides is 1. The van der Waals surface area contributed by atoms with Crippen LogP contribution in [0.1, 0.15) is 12.0 Å². The summed E-state index contributed by atoms with van der Waals surface area (Å²) in [5.41, 5.74) is 3.30. The Morgan fingerprint density at radius 3 is 2.85 bits per heavy atom. The van der Waals surface area contributed by atoms with Crippen LogP contribution in [0.3, 0.4) is 0 Å². The minimum Gasteiger partial charge on any atom is -0.360 e. The third-order valence-corrected chi connectivity index (χ3v) is 6.02. The van der Waals surface area contributed by atoms with E-state index in [1.54, 1.807) is 29.4 Å². The fourth-order valence-electron chi connectivity index (χ4n) is 4.27. The Hall–Kier alpha value is -3.59. The number of fused-ring (bicyclic) bond motifs is 2. The van der Waals surface area contributed by atoms with Crippen LogP contribution >= 0.6 is 11.6 Å². The van der Waals surface area contributed by atoms with Gasteiger partial charge in [-0.3, -0.25) is 4.79 Å². The van der Waals surface area contributed by atoms with E-state index in [0.29, 0.717) is 29.5 Å². The maximum atomic E-state index is 12.8. The molecule has 6 nitrogen and oxygen atoms in total. The molecule has 10 heteroatoms. The Morgan fingerprint density at radius 1 is 1.21 bits per heavy atom. The highest BCUT2D eigenvalue weighted by Crippen LogP contribution is 2.37. The van der Waals surface area contributed by atoms with Crippen LogP contribution in [-0.4, -0.2) is 39.6 Å². The number of carbonyl (C=O) groups excluding carboxylic acids is 1. The summed E-state index contributed by atoms with van der Waals surface area (Å²) >= 11 is 6.17. The summed E-state index contributed by atoms with van der Waals surface area (Å²) < 4.78 is 38.2. The van der Waals surface area contributed by atoms with Crippen molar-refractivity contribution in [2.75, 3.05) is 11.4 Å². The number of aryl methyl sites for hydroxylation is 1. The molecule has 0 saturated heterocycles. The fourth-order valence-corrected chi connectivity index (χ4v) is 4.45. The number of halogens is 4. The second-order valence-corrected chi connectivity index (χ2v) is 8.45. The number of anilines is 2. The molecule has 1 amide bonds. The highest BCUT2D eigenvalue weighted by molar-refractivity contribution is 6.31. The molecule has 1 aliphatic rings. The van der Waals surface area contributed by atoms with E-state index in [2.05, 4.69) is 9.97 Å². The van der Waals surface area contributed by atoms with Gasteiger partial charge in [0, 0.05) is 39.6 Å². The van der Waals surface area contributed by atoms with Gasteiger partial charge in [-0.25, -0.2) is 9.97 Å². The van der Waals surface area contributed by atoms with Gasteiger partial charge in [0.05, 0.1) is 0 Å². The van der Waals surface area contributed by atoms with Crippen molar-refractivity contribution < 1.29 is 18.0 Å². The maximum Gasteiger partial charge on any atom is 0.405 e. The predicted octanol–water partition coefficient (Wildman–Crippen LogP) is 5.41. The lowest BCUT2D eigenvalue weighted by atomic mass is 9.95. The first-order valence-corrected chi connectivity index (χ1v) is 11.0. The fraction of sp³-hybridized carbons (Fsp3) is 0.208. The number of benzene rings is 2. The molecule has 2 aromatic heterocycles. The number of nitrogens with one attached hydrogen (secondary N) is 2. The lowest BCUT2D eigenvalue weighted by molar-refractivity contribution is -0.139. The molecule has 4 aromatic rings. The molecule has 0 bridgehead atoms. The number of rotatable bonds is 4. The van der Waals surface area contributed by atoms with Gasteiger partial charge in [0.25, 0.3) is 0 Å². The molecular weight excluding hydrogens is 467 g/mol. The summed E-state index contributed by atoms with van der Waals surface area (Å²) in [5, 5.41) is 3.43. The van der Waals surface area contributed by atoms with E-state index in [9.17, 15) is 18.0 Å². The number of carbonyl (C=O) groups is 1. The Kier molecular flexibility index (Phi) is 5.65. The summed E-state index contributed by atoms with van der Waals surface area (Å²) in [6, 6.07) is 13.7. The van der Waals surface area contributed by atoms with Crippen LogP contribution in [0.2, 0.25) is 5.02 Å². The molecule has 0 unspecified atom stereocenters. The van der Waals surface area contributed by atoms with Gasteiger partial charge in [0.1, 0.15) is 18.4 Å². The molecule has 5 rings (SSSR count). The molecule has 0 radical (unpaired) electrons. The third kappa shape index (κ3) is 4.31. The van der Waals surface area contributed by atoms with E-state index < -0.39 is 24.7 Å². The van der Waals surface area contributed by atoms with E-state index in [0.717, 1.165) is 27.7 Å². The largest absolute Gasteiger partial charge is 0.405 e. The SMILES string of the molecule is O=C(NCC(F)(F)F)[C@H]1CCc2ccccc2N1c1ccnc(-c2c[nH]c3ccc(Cl)cc23)n1. The molecule has 174 valence electrons. The van der Waals surface area contributed by atoms with Crippen molar-refractivity contribution in [3.63, 3.8) is 0 Å². The zero-order chi connectivity index (χ0) is 23.9. The molecule has 0 saturated carbocycles. The van der Waals surface area contributed by atoms with Gasteiger partial charge in [-0.1, -0.05) is 29.8 Å². The zero-order valence-electron chi connectivity index (χ0n) is 17.7. The molecule has 1 aliphatic heterocycles. The lowest BCUT2D eigenvalue weighted by Crippen LogP contribution is -2.49. The Balaban J connectivity index is 1.56. The summed E-state index contributed by atoms with van der Waals surface area (Å²) in [6.07, 6.45) is -0.231. The normalized spacial score (nSPS) is 15.9. The smallest absolute Gasteiger partial charge is 0.360 e. The average molecular weight is 486 g/mol. The monoisotopic (exact) mass is 485 g/mol. The Bertz CT molecular complexity index is 1370. The number of nitrogens with zero attached hydrogens (tertiary/aromatic N) is 3. The Morgan fingerprint density at radius 2 is 2.03 bits per heavy atom. The van der Waals surface area contributed by atoms with Crippen molar-refractivity contribution in [2.24, 2.45) is 0 Å². The van der Waals surface area contributed by atoms with Gasteiger partial charge >= 0.3 is 6.18 Å². The minimum absolute atomic E-state index is 0.350. The second kappa shape index (κ2) is 8.64. The van der Waals surface area contributed by atoms with E-state index in [4.69, 9.17) is 16.6 Å². The number of aromatic nitrogens is 3. The van der Waals surface area contributed by atoms with Crippen LogP contribution in [0.4, 0.5) is 24.7 Å². The predicted molar refractivity (Wildman–Crippen MR) is 124 cm³/mol. The van der Waals surface area contributed by atoms with Crippen LogP contribution in [-0.2, 0) is 11.2 Å². The van der Waals surface area contributed by atoms with Gasteiger partial charge in [-0.05, 0) is 48.7 Å². The summed E-state index contributed by atoms with van der Waals surface area (Å²) in [5.74, 6) is 0.120. The van der Waals surface area contributed by atoms with Gasteiger partial charge in [-0.2, -0.15) is 13.2 Å². The van der Waals surface area contributed by atoms with Crippen molar-refractivity contribution in [3.05, 3.63) is 71.5 Å². The first kappa shape index (κ1) is 22.2. The number of H-pyrrole nitrogens is 1. The van der Waals surface area contributed by atoms with Crippen molar-refractivity contribution in [3.8, 4) is 11.4 Å². The standard InChI is InChI=1S/C24H19ClF3N5O/c25-15-6-7-18-16(11-15)17(12-30-18)22-29-10-9-21(32-22)33-19-4-2-1-3-14(19)5-8-20(33)23(34)31-13-24(26,27)28/h1-4,6-7,9-12,20,30H,5,8,13H2,(H,31,34)/t20-/m1/s1. The quantitative estimate of drug-likeness (QED) is 0.405. The van der Waals surface area contributed by atoms with Gasteiger partial charge < -0.3 is 15.2 Å². The van der Waals surface area contributed by atoms with Crippen LogP contribution in [0.25, 0.3) is 22.3 Å². The Labute approximate surface area is 197 Å². The van der Waals surface area contributed by atoms with E-state index in [1.807, 2.05) is 41.7 Å². The number of para-hydroxylation sites is 1. The van der Waals surface area contributed by atoms with Crippen molar-refractivity contribution in [1.82, 2.24) is 20.3 Å².